The van der Waals surface area contributed by atoms with Gasteiger partial charge in [0.2, 0.25) is 0 Å². The van der Waals surface area contributed by atoms with Crippen LogP contribution in [0.25, 0.3) is 0 Å². The van der Waals surface area contributed by atoms with Crippen molar-refractivity contribution in [2.24, 2.45) is 0 Å². The third-order valence-corrected chi connectivity index (χ3v) is 1.45. The van der Waals surface area contributed by atoms with Crippen molar-refractivity contribution in [2.75, 3.05) is 0 Å². The SMILES string of the molecule is O=S([O-])c1cccnc1.[Na+]. The molecule has 3 nitrogen and oxygen atoms in total. The van der Waals surface area contributed by atoms with E-state index in [1.54, 1.807) is 6.07 Å². The first-order chi connectivity index (χ1) is 4.30. The molecular formula is C5H4NNaO2S. The number of hydrogen-bond acceptors (Lipinski definition) is 3. The summed E-state index contributed by atoms with van der Waals surface area (Å²) in [5, 5.41) is 0. The predicted molar refractivity (Wildman–Crippen MR) is 31.4 cm³/mol. The van der Waals surface area contributed by atoms with E-state index >= 15 is 0 Å². The maximum atomic E-state index is 10.2. The number of hydrogen-bond donors (Lipinski definition) is 0. The fraction of sp³-hybridized carbons (Fsp3) is 0. The Balaban J connectivity index is 0.000000810. The van der Waals surface area contributed by atoms with Gasteiger partial charge in [-0.1, -0.05) is 0 Å². The van der Waals surface area contributed by atoms with E-state index in [1.807, 2.05) is 0 Å². The van der Waals surface area contributed by atoms with Crippen molar-refractivity contribution >= 4 is 11.1 Å². The average molecular weight is 165 g/mol. The minimum Gasteiger partial charge on any atom is -0.768 e. The number of rotatable bonds is 1. The molecule has 48 valence electrons. The quantitative estimate of drug-likeness (QED) is 0.337. The maximum Gasteiger partial charge on any atom is 1.00 e. The van der Waals surface area contributed by atoms with E-state index in [-0.39, 0.29) is 34.5 Å². The van der Waals surface area contributed by atoms with Crippen LogP contribution < -0.4 is 29.6 Å². The van der Waals surface area contributed by atoms with Crippen molar-refractivity contribution in [3.63, 3.8) is 0 Å². The van der Waals surface area contributed by atoms with E-state index < -0.39 is 11.1 Å². The Kier molecular flexibility index (Phi) is 5.11. The summed E-state index contributed by atoms with van der Waals surface area (Å²) < 4.78 is 20.3. The van der Waals surface area contributed by atoms with Crippen LogP contribution in [0.1, 0.15) is 0 Å². The van der Waals surface area contributed by atoms with Crippen LogP contribution in [0.3, 0.4) is 0 Å². The third kappa shape index (κ3) is 2.90. The summed E-state index contributed by atoms with van der Waals surface area (Å²) in [5.41, 5.74) is 0. The Morgan fingerprint density at radius 3 is 2.60 bits per heavy atom. The summed E-state index contributed by atoms with van der Waals surface area (Å²) >= 11 is -2.14. The first kappa shape index (κ1) is 10.3. The van der Waals surface area contributed by atoms with E-state index in [2.05, 4.69) is 4.98 Å². The van der Waals surface area contributed by atoms with Crippen molar-refractivity contribution in [3.8, 4) is 0 Å². The van der Waals surface area contributed by atoms with Crippen molar-refractivity contribution in [1.29, 1.82) is 0 Å². The van der Waals surface area contributed by atoms with E-state index in [0.717, 1.165) is 0 Å². The van der Waals surface area contributed by atoms with Gasteiger partial charge >= 0.3 is 29.6 Å². The van der Waals surface area contributed by atoms with Crippen molar-refractivity contribution in [1.82, 2.24) is 4.98 Å². The van der Waals surface area contributed by atoms with E-state index in [0.29, 0.717) is 0 Å². The molecule has 1 atom stereocenters. The van der Waals surface area contributed by atoms with Gasteiger partial charge in [-0.15, -0.1) is 0 Å². The molecule has 0 aliphatic rings. The third-order valence-electron chi connectivity index (χ3n) is 0.827. The zero-order valence-corrected chi connectivity index (χ0v) is 8.30. The summed E-state index contributed by atoms with van der Waals surface area (Å²) in [5.74, 6) is 0. The second-order valence-corrected chi connectivity index (χ2v) is 2.36. The van der Waals surface area contributed by atoms with Gasteiger partial charge in [-0.3, -0.25) is 9.19 Å². The average Bonchev–Trinajstić information content (AvgIpc) is 1.90. The van der Waals surface area contributed by atoms with Gasteiger partial charge in [-0.05, 0) is 23.2 Å². The Hall–Kier alpha value is 0.260. The zero-order valence-electron chi connectivity index (χ0n) is 5.48. The molecule has 0 radical (unpaired) electrons. The van der Waals surface area contributed by atoms with Crippen LogP contribution in [-0.4, -0.2) is 13.7 Å². The fourth-order valence-electron chi connectivity index (χ4n) is 0.446. The molecule has 0 bridgehead atoms. The molecule has 0 amide bonds. The zero-order chi connectivity index (χ0) is 6.69. The van der Waals surface area contributed by atoms with Crippen LogP contribution in [0.5, 0.6) is 0 Å². The van der Waals surface area contributed by atoms with Crippen molar-refractivity contribution < 1.29 is 38.3 Å². The van der Waals surface area contributed by atoms with Crippen LogP contribution in [0.4, 0.5) is 0 Å². The molecule has 1 aromatic rings. The second-order valence-electron chi connectivity index (χ2n) is 1.42. The van der Waals surface area contributed by atoms with Crippen molar-refractivity contribution in [3.05, 3.63) is 24.5 Å². The monoisotopic (exact) mass is 165 g/mol. The molecule has 1 aromatic heterocycles. The van der Waals surface area contributed by atoms with Crippen molar-refractivity contribution in [2.45, 2.75) is 4.90 Å². The van der Waals surface area contributed by atoms with Crippen LogP contribution in [0.15, 0.2) is 29.4 Å². The molecular weight excluding hydrogens is 161 g/mol. The first-order valence-corrected chi connectivity index (χ1v) is 3.37. The molecule has 0 aromatic carbocycles. The molecule has 1 rings (SSSR count). The summed E-state index contributed by atoms with van der Waals surface area (Å²) in [7, 11) is 0. The van der Waals surface area contributed by atoms with Gasteiger partial charge in [-0.2, -0.15) is 0 Å². The number of pyridine rings is 1. The normalized spacial score (nSPS) is 11.7. The van der Waals surface area contributed by atoms with Crippen LogP contribution in [-0.2, 0) is 11.1 Å². The standard InChI is InChI=1S/C5H5NO2S.Na/c7-9(8)5-2-1-3-6-4-5;/h1-4H,(H,7,8);/q;+1/p-1. The van der Waals surface area contributed by atoms with Gasteiger partial charge < -0.3 is 4.55 Å². The molecule has 0 N–H and O–H groups in total. The van der Waals surface area contributed by atoms with Gasteiger partial charge in [0.1, 0.15) is 0 Å². The largest absolute Gasteiger partial charge is 1.00 e. The van der Waals surface area contributed by atoms with Crippen LogP contribution in [0.2, 0.25) is 0 Å². The topological polar surface area (TPSA) is 53.0 Å². The smallest absolute Gasteiger partial charge is 0.768 e. The Bertz CT molecular complexity index is 216. The Morgan fingerprint density at radius 2 is 2.30 bits per heavy atom. The van der Waals surface area contributed by atoms with Gasteiger partial charge in [0.15, 0.2) is 0 Å². The van der Waals surface area contributed by atoms with E-state index in [9.17, 15) is 8.76 Å². The maximum absolute atomic E-state index is 10.2. The summed E-state index contributed by atoms with van der Waals surface area (Å²) in [4.78, 5) is 3.83. The van der Waals surface area contributed by atoms with E-state index in [1.165, 1.54) is 18.5 Å². The summed E-state index contributed by atoms with van der Waals surface area (Å²) in [6.07, 6.45) is 2.82. The molecule has 1 heterocycles. The summed E-state index contributed by atoms with van der Waals surface area (Å²) in [6, 6.07) is 3.06. The van der Waals surface area contributed by atoms with Crippen LogP contribution >= 0.6 is 0 Å². The Morgan fingerprint density at radius 1 is 1.60 bits per heavy atom. The molecule has 5 heteroatoms. The fourth-order valence-corrected chi connectivity index (χ4v) is 0.782. The first-order valence-electron chi connectivity index (χ1n) is 2.30. The molecule has 0 saturated heterocycles. The number of nitrogens with zero attached hydrogens (tertiary/aromatic N) is 1. The van der Waals surface area contributed by atoms with Gasteiger partial charge in [0, 0.05) is 17.3 Å². The number of aromatic nitrogens is 1. The minimum atomic E-state index is -2.14. The van der Waals surface area contributed by atoms with Crippen LogP contribution in [0, 0.1) is 0 Å². The molecule has 0 saturated carbocycles. The molecule has 1 unspecified atom stereocenters. The Labute approximate surface area is 83.4 Å². The molecule has 10 heavy (non-hydrogen) atoms. The molecule has 0 aliphatic carbocycles. The minimum absolute atomic E-state index is 0. The van der Waals surface area contributed by atoms with Gasteiger partial charge in [-0.25, -0.2) is 0 Å². The molecule has 0 aliphatic heterocycles. The van der Waals surface area contributed by atoms with Gasteiger partial charge in [0.25, 0.3) is 0 Å². The predicted octanol–water partition coefficient (Wildman–Crippen LogP) is -2.68. The molecule has 0 spiro atoms. The second kappa shape index (κ2) is 4.98. The summed E-state index contributed by atoms with van der Waals surface area (Å²) in [6.45, 7) is 0. The van der Waals surface area contributed by atoms with E-state index in [4.69, 9.17) is 0 Å². The van der Waals surface area contributed by atoms with Gasteiger partial charge in [0.05, 0.1) is 0 Å². The molecule has 0 fully saturated rings.